The standard InChI is InChI=1S/C24H33NO6/c1-7-29-22(26)21(30-16(2)3)13-17-8-9-20(18-10-11-28-15-18)19(12-17)14-25-23(27)31-24(4,5)6/h8-12,15-16,21H,7,13-14H2,1-6H3,(H,25,27). The molecule has 170 valence electrons. The number of hydrogen-bond donors (Lipinski definition) is 1. The summed E-state index contributed by atoms with van der Waals surface area (Å²) in [6.45, 7) is 11.5. The van der Waals surface area contributed by atoms with Crippen molar-refractivity contribution in [3.8, 4) is 11.1 Å². The molecule has 0 spiro atoms. The number of carbonyl (C=O) groups excluding carboxylic acids is 2. The van der Waals surface area contributed by atoms with E-state index in [4.69, 9.17) is 18.6 Å². The zero-order valence-electron chi connectivity index (χ0n) is 19.2. The van der Waals surface area contributed by atoms with E-state index in [0.717, 1.165) is 22.3 Å². The molecule has 0 fully saturated rings. The van der Waals surface area contributed by atoms with Gasteiger partial charge in [0, 0.05) is 18.5 Å². The minimum atomic E-state index is -0.702. The number of benzene rings is 1. The quantitative estimate of drug-likeness (QED) is 0.570. The predicted molar refractivity (Wildman–Crippen MR) is 118 cm³/mol. The average Bonchev–Trinajstić information content (AvgIpc) is 3.19. The molecule has 1 unspecified atom stereocenters. The number of alkyl carbamates (subject to hydrolysis) is 1. The van der Waals surface area contributed by atoms with Crippen LogP contribution in [0.2, 0.25) is 0 Å². The fraction of sp³-hybridized carbons (Fsp3) is 0.500. The molecule has 0 aliphatic rings. The van der Waals surface area contributed by atoms with Gasteiger partial charge in [0.2, 0.25) is 0 Å². The zero-order chi connectivity index (χ0) is 23.0. The van der Waals surface area contributed by atoms with Crippen LogP contribution in [0, 0.1) is 0 Å². The van der Waals surface area contributed by atoms with Crippen molar-refractivity contribution in [1.29, 1.82) is 0 Å². The molecule has 2 rings (SSSR count). The van der Waals surface area contributed by atoms with Crippen molar-refractivity contribution in [2.45, 2.75) is 72.3 Å². The van der Waals surface area contributed by atoms with Gasteiger partial charge in [-0.25, -0.2) is 9.59 Å². The maximum atomic E-state index is 12.3. The van der Waals surface area contributed by atoms with E-state index < -0.39 is 17.8 Å². The Morgan fingerprint density at radius 3 is 2.48 bits per heavy atom. The lowest BCUT2D eigenvalue weighted by atomic mass is 9.97. The van der Waals surface area contributed by atoms with E-state index in [9.17, 15) is 9.59 Å². The molecule has 31 heavy (non-hydrogen) atoms. The summed E-state index contributed by atoms with van der Waals surface area (Å²) in [5.74, 6) is -0.386. The van der Waals surface area contributed by atoms with Gasteiger partial charge in [-0.15, -0.1) is 0 Å². The molecule has 1 amide bonds. The van der Waals surface area contributed by atoms with Crippen LogP contribution in [0.5, 0.6) is 0 Å². The maximum absolute atomic E-state index is 12.3. The monoisotopic (exact) mass is 431 g/mol. The first-order valence-electron chi connectivity index (χ1n) is 10.5. The third-order valence-electron chi connectivity index (χ3n) is 4.23. The van der Waals surface area contributed by atoms with Gasteiger partial charge in [0.1, 0.15) is 5.60 Å². The lowest BCUT2D eigenvalue weighted by molar-refractivity contribution is -0.159. The Labute approximate surface area is 184 Å². The summed E-state index contributed by atoms with van der Waals surface area (Å²) < 4.78 is 21.5. The molecule has 7 heteroatoms. The molecule has 0 saturated heterocycles. The molecule has 0 aliphatic carbocycles. The highest BCUT2D eigenvalue weighted by Crippen LogP contribution is 2.26. The summed E-state index contributed by atoms with van der Waals surface area (Å²) in [6, 6.07) is 7.70. The van der Waals surface area contributed by atoms with Crippen molar-refractivity contribution >= 4 is 12.1 Å². The minimum absolute atomic E-state index is 0.118. The molecular weight excluding hydrogens is 398 g/mol. The van der Waals surface area contributed by atoms with Gasteiger partial charge < -0.3 is 23.9 Å². The van der Waals surface area contributed by atoms with E-state index in [0.29, 0.717) is 13.0 Å². The first-order valence-corrected chi connectivity index (χ1v) is 10.5. The van der Waals surface area contributed by atoms with Gasteiger partial charge in [0.25, 0.3) is 0 Å². The molecule has 1 aromatic heterocycles. The Bertz CT molecular complexity index is 851. The van der Waals surface area contributed by atoms with Gasteiger partial charge in [-0.1, -0.05) is 18.2 Å². The number of nitrogens with one attached hydrogen (secondary N) is 1. The van der Waals surface area contributed by atoms with E-state index in [1.54, 1.807) is 19.5 Å². The smallest absolute Gasteiger partial charge is 0.407 e. The molecule has 1 N–H and O–H groups in total. The number of hydrogen-bond acceptors (Lipinski definition) is 6. The summed E-state index contributed by atoms with van der Waals surface area (Å²) >= 11 is 0. The number of carbonyl (C=O) groups is 2. The lowest BCUT2D eigenvalue weighted by Crippen LogP contribution is -2.32. The molecule has 2 aromatic rings. The van der Waals surface area contributed by atoms with Crippen LogP contribution in [0.4, 0.5) is 4.79 Å². The second kappa shape index (κ2) is 11.0. The molecule has 0 aliphatic heterocycles. The van der Waals surface area contributed by atoms with Gasteiger partial charge in [-0.05, 0) is 64.3 Å². The first kappa shape index (κ1) is 24.5. The Morgan fingerprint density at radius 1 is 1.16 bits per heavy atom. The highest BCUT2D eigenvalue weighted by molar-refractivity contribution is 5.75. The molecule has 0 radical (unpaired) electrons. The average molecular weight is 432 g/mol. The molecule has 1 heterocycles. The van der Waals surface area contributed by atoms with Gasteiger partial charge in [-0.3, -0.25) is 0 Å². The summed E-state index contributed by atoms with van der Waals surface area (Å²) in [4.78, 5) is 24.5. The van der Waals surface area contributed by atoms with Gasteiger partial charge >= 0.3 is 12.1 Å². The van der Waals surface area contributed by atoms with Crippen LogP contribution in [-0.2, 0) is 32.0 Å². The van der Waals surface area contributed by atoms with Crippen LogP contribution in [0.3, 0.4) is 0 Å². The molecular formula is C24H33NO6. The van der Waals surface area contributed by atoms with Crippen LogP contribution in [0.15, 0.2) is 41.2 Å². The Hall–Kier alpha value is -2.80. The van der Waals surface area contributed by atoms with Gasteiger partial charge in [0.05, 0.1) is 25.2 Å². The SMILES string of the molecule is CCOC(=O)C(Cc1ccc(-c2ccoc2)c(CNC(=O)OC(C)(C)C)c1)OC(C)C. The number of rotatable bonds is 9. The van der Waals surface area contributed by atoms with E-state index in [1.807, 2.05) is 58.9 Å². The molecule has 7 nitrogen and oxygen atoms in total. The van der Waals surface area contributed by atoms with Crippen molar-refractivity contribution in [2.24, 2.45) is 0 Å². The number of esters is 1. The summed E-state index contributed by atoms with van der Waals surface area (Å²) in [6.07, 6.45) is 2.29. The van der Waals surface area contributed by atoms with Crippen LogP contribution < -0.4 is 5.32 Å². The molecule has 1 atom stereocenters. The van der Waals surface area contributed by atoms with Crippen LogP contribution >= 0.6 is 0 Å². The van der Waals surface area contributed by atoms with Crippen molar-refractivity contribution in [1.82, 2.24) is 5.32 Å². The van der Waals surface area contributed by atoms with Crippen LogP contribution in [0.1, 0.15) is 52.7 Å². The summed E-state index contributed by atoms with van der Waals surface area (Å²) in [5, 5.41) is 2.80. The van der Waals surface area contributed by atoms with E-state index >= 15 is 0 Å². The van der Waals surface area contributed by atoms with Crippen LogP contribution in [-0.4, -0.2) is 36.5 Å². The zero-order valence-corrected chi connectivity index (χ0v) is 19.2. The largest absolute Gasteiger partial charge is 0.472 e. The van der Waals surface area contributed by atoms with Gasteiger partial charge in [0.15, 0.2) is 6.10 Å². The summed E-state index contributed by atoms with van der Waals surface area (Å²) in [5.41, 5.74) is 3.00. The van der Waals surface area contributed by atoms with E-state index in [2.05, 4.69) is 5.32 Å². The topological polar surface area (TPSA) is 87.0 Å². The van der Waals surface area contributed by atoms with E-state index in [1.165, 1.54) is 0 Å². The highest BCUT2D eigenvalue weighted by atomic mass is 16.6. The molecule has 0 bridgehead atoms. The highest BCUT2D eigenvalue weighted by Gasteiger charge is 2.23. The maximum Gasteiger partial charge on any atom is 0.407 e. The Balaban J connectivity index is 2.26. The second-order valence-corrected chi connectivity index (χ2v) is 8.49. The number of ether oxygens (including phenoxy) is 3. The second-order valence-electron chi connectivity index (χ2n) is 8.49. The van der Waals surface area contributed by atoms with E-state index in [-0.39, 0.29) is 18.6 Å². The Morgan fingerprint density at radius 2 is 1.90 bits per heavy atom. The summed E-state index contributed by atoms with van der Waals surface area (Å²) in [7, 11) is 0. The fourth-order valence-electron chi connectivity index (χ4n) is 3.07. The first-order chi connectivity index (χ1) is 14.6. The van der Waals surface area contributed by atoms with Crippen molar-refractivity contribution in [2.75, 3.05) is 6.61 Å². The third kappa shape index (κ3) is 8.09. The molecule has 1 aromatic carbocycles. The third-order valence-corrected chi connectivity index (χ3v) is 4.23. The van der Waals surface area contributed by atoms with Crippen molar-refractivity contribution in [3.05, 3.63) is 47.9 Å². The fourth-order valence-corrected chi connectivity index (χ4v) is 3.07. The van der Waals surface area contributed by atoms with Crippen LogP contribution in [0.25, 0.3) is 11.1 Å². The minimum Gasteiger partial charge on any atom is -0.472 e. The normalized spacial score (nSPS) is 12.5. The Kier molecular flexibility index (Phi) is 8.68. The van der Waals surface area contributed by atoms with Crippen molar-refractivity contribution < 1.29 is 28.2 Å². The van der Waals surface area contributed by atoms with Gasteiger partial charge in [-0.2, -0.15) is 0 Å². The van der Waals surface area contributed by atoms with Crippen molar-refractivity contribution in [3.63, 3.8) is 0 Å². The molecule has 0 saturated carbocycles. The number of furan rings is 1. The lowest BCUT2D eigenvalue weighted by Gasteiger charge is -2.21. The number of amides is 1. The predicted octanol–water partition coefficient (Wildman–Crippen LogP) is 4.87.